The molecule has 0 aliphatic rings. The fourth-order valence-corrected chi connectivity index (χ4v) is 2.84. The SMILES string of the molecule is COc1ccc(F)c(NCc2nc3ccccc3s2)c1. The summed E-state index contributed by atoms with van der Waals surface area (Å²) >= 11 is 1.61. The average Bonchev–Trinajstić information content (AvgIpc) is 2.89. The number of fused-ring (bicyclic) bond motifs is 1. The Labute approximate surface area is 120 Å². The lowest BCUT2D eigenvalue weighted by atomic mass is 10.3. The molecule has 2 aromatic carbocycles. The van der Waals surface area contributed by atoms with Gasteiger partial charge in [0.05, 0.1) is 29.6 Å². The van der Waals surface area contributed by atoms with Crippen LogP contribution in [0.15, 0.2) is 42.5 Å². The summed E-state index contributed by atoms with van der Waals surface area (Å²) < 4.78 is 19.9. The highest BCUT2D eigenvalue weighted by Gasteiger charge is 2.06. The van der Waals surface area contributed by atoms with Crippen LogP contribution in [0.5, 0.6) is 5.75 Å². The molecular weight excluding hydrogens is 275 g/mol. The number of rotatable bonds is 4. The summed E-state index contributed by atoms with van der Waals surface area (Å²) in [6.07, 6.45) is 0. The van der Waals surface area contributed by atoms with Gasteiger partial charge in [0, 0.05) is 6.07 Å². The molecule has 0 amide bonds. The van der Waals surface area contributed by atoms with Crippen LogP contribution >= 0.6 is 11.3 Å². The molecular formula is C15H13FN2OS. The van der Waals surface area contributed by atoms with Crippen molar-refractivity contribution in [3.63, 3.8) is 0 Å². The van der Waals surface area contributed by atoms with E-state index in [1.165, 1.54) is 6.07 Å². The number of hydrogen-bond acceptors (Lipinski definition) is 4. The van der Waals surface area contributed by atoms with Gasteiger partial charge in [-0.2, -0.15) is 0 Å². The number of nitrogens with one attached hydrogen (secondary N) is 1. The Morgan fingerprint density at radius 1 is 1.25 bits per heavy atom. The van der Waals surface area contributed by atoms with E-state index in [1.807, 2.05) is 24.3 Å². The lowest BCUT2D eigenvalue weighted by molar-refractivity contribution is 0.414. The Kier molecular flexibility index (Phi) is 3.52. The molecule has 1 heterocycles. The fraction of sp³-hybridized carbons (Fsp3) is 0.133. The first-order chi connectivity index (χ1) is 9.76. The van der Waals surface area contributed by atoms with Crippen molar-refractivity contribution < 1.29 is 9.13 Å². The van der Waals surface area contributed by atoms with Crippen molar-refractivity contribution in [2.75, 3.05) is 12.4 Å². The molecule has 0 atom stereocenters. The van der Waals surface area contributed by atoms with E-state index in [0.29, 0.717) is 18.0 Å². The number of para-hydroxylation sites is 1. The van der Waals surface area contributed by atoms with E-state index < -0.39 is 0 Å². The summed E-state index contributed by atoms with van der Waals surface area (Å²) in [4.78, 5) is 4.50. The zero-order valence-electron chi connectivity index (χ0n) is 10.9. The molecule has 0 spiro atoms. The molecule has 0 aliphatic heterocycles. The van der Waals surface area contributed by atoms with Crippen molar-refractivity contribution in [1.82, 2.24) is 4.98 Å². The van der Waals surface area contributed by atoms with Crippen LogP contribution in [0.3, 0.4) is 0 Å². The van der Waals surface area contributed by atoms with E-state index in [4.69, 9.17) is 4.74 Å². The quantitative estimate of drug-likeness (QED) is 0.786. The Bertz CT molecular complexity index is 709. The number of ether oxygens (including phenoxy) is 1. The molecule has 0 saturated heterocycles. The summed E-state index contributed by atoms with van der Waals surface area (Å²) in [6, 6.07) is 12.6. The molecule has 3 nitrogen and oxygen atoms in total. The maximum atomic E-state index is 13.7. The van der Waals surface area contributed by atoms with Gasteiger partial charge in [-0.05, 0) is 24.3 Å². The van der Waals surface area contributed by atoms with Crippen LogP contribution in [-0.2, 0) is 6.54 Å². The first-order valence-corrected chi connectivity index (χ1v) is 7.00. The summed E-state index contributed by atoms with van der Waals surface area (Å²) in [5.74, 6) is 0.324. The minimum Gasteiger partial charge on any atom is -0.497 e. The highest BCUT2D eigenvalue weighted by Crippen LogP contribution is 2.24. The number of halogens is 1. The van der Waals surface area contributed by atoms with E-state index in [2.05, 4.69) is 10.3 Å². The number of aromatic nitrogens is 1. The normalized spacial score (nSPS) is 10.7. The van der Waals surface area contributed by atoms with Gasteiger partial charge in [-0.15, -0.1) is 11.3 Å². The third-order valence-corrected chi connectivity index (χ3v) is 3.98. The molecule has 3 rings (SSSR count). The van der Waals surface area contributed by atoms with Gasteiger partial charge in [-0.1, -0.05) is 12.1 Å². The van der Waals surface area contributed by atoms with Gasteiger partial charge in [0.1, 0.15) is 16.6 Å². The maximum absolute atomic E-state index is 13.7. The Balaban J connectivity index is 1.79. The Morgan fingerprint density at radius 2 is 2.10 bits per heavy atom. The number of benzene rings is 2. The van der Waals surface area contributed by atoms with Gasteiger partial charge in [0.25, 0.3) is 0 Å². The topological polar surface area (TPSA) is 34.1 Å². The predicted octanol–water partition coefficient (Wildman–Crippen LogP) is 4.06. The Morgan fingerprint density at radius 3 is 2.90 bits per heavy atom. The predicted molar refractivity (Wildman–Crippen MR) is 79.9 cm³/mol. The van der Waals surface area contributed by atoms with Gasteiger partial charge >= 0.3 is 0 Å². The molecule has 5 heteroatoms. The second-order valence-corrected chi connectivity index (χ2v) is 5.39. The van der Waals surface area contributed by atoms with Crippen LogP contribution in [0.1, 0.15) is 5.01 Å². The van der Waals surface area contributed by atoms with E-state index in [1.54, 1.807) is 30.6 Å². The second kappa shape index (κ2) is 5.46. The molecule has 0 saturated carbocycles. The molecule has 20 heavy (non-hydrogen) atoms. The summed E-state index contributed by atoms with van der Waals surface area (Å²) in [5.41, 5.74) is 1.39. The molecule has 0 unspecified atom stereocenters. The lowest BCUT2D eigenvalue weighted by Crippen LogP contribution is -2.01. The largest absolute Gasteiger partial charge is 0.497 e. The average molecular weight is 288 g/mol. The second-order valence-electron chi connectivity index (χ2n) is 4.27. The molecule has 1 N–H and O–H groups in total. The molecule has 1 aromatic heterocycles. The number of nitrogens with zero attached hydrogens (tertiary/aromatic N) is 1. The highest BCUT2D eigenvalue weighted by atomic mass is 32.1. The number of methoxy groups -OCH3 is 1. The number of hydrogen-bond donors (Lipinski definition) is 1. The summed E-state index contributed by atoms with van der Waals surface area (Å²) in [5, 5.41) is 3.98. The first-order valence-electron chi connectivity index (χ1n) is 6.18. The summed E-state index contributed by atoms with van der Waals surface area (Å²) in [7, 11) is 1.56. The van der Waals surface area contributed by atoms with E-state index in [0.717, 1.165) is 15.2 Å². The fourth-order valence-electron chi connectivity index (χ4n) is 1.93. The van der Waals surface area contributed by atoms with E-state index in [9.17, 15) is 4.39 Å². The minimum atomic E-state index is -0.299. The first kappa shape index (κ1) is 12.9. The van der Waals surface area contributed by atoms with Crippen molar-refractivity contribution in [2.24, 2.45) is 0 Å². The van der Waals surface area contributed by atoms with Crippen LogP contribution in [0.2, 0.25) is 0 Å². The van der Waals surface area contributed by atoms with Crippen molar-refractivity contribution in [3.05, 3.63) is 53.3 Å². The monoisotopic (exact) mass is 288 g/mol. The molecule has 102 valence electrons. The highest BCUT2D eigenvalue weighted by molar-refractivity contribution is 7.18. The van der Waals surface area contributed by atoms with Crippen molar-refractivity contribution >= 4 is 27.2 Å². The van der Waals surface area contributed by atoms with Crippen LogP contribution in [0, 0.1) is 5.82 Å². The molecule has 0 radical (unpaired) electrons. The van der Waals surface area contributed by atoms with Gasteiger partial charge in [-0.3, -0.25) is 0 Å². The van der Waals surface area contributed by atoms with Gasteiger partial charge in [0.2, 0.25) is 0 Å². The minimum absolute atomic E-state index is 0.299. The van der Waals surface area contributed by atoms with Crippen LogP contribution in [-0.4, -0.2) is 12.1 Å². The molecule has 3 aromatic rings. The third-order valence-electron chi connectivity index (χ3n) is 2.94. The van der Waals surface area contributed by atoms with Crippen molar-refractivity contribution in [1.29, 1.82) is 0 Å². The number of anilines is 1. The maximum Gasteiger partial charge on any atom is 0.146 e. The summed E-state index contributed by atoms with van der Waals surface area (Å²) in [6.45, 7) is 0.490. The van der Waals surface area contributed by atoms with E-state index >= 15 is 0 Å². The van der Waals surface area contributed by atoms with Crippen molar-refractivity contribution in [3.8, 4) is 5.75 Å². The number of thiazole rings is 1. The molecule has 0 aliphatic carbocycles. The van der Waals surface area contributed by atoms with Gasteiger partial charge in [-0.25, -0.2) is 9.37 Å². The lowest BCUT2D eigenvalue weighted by Gasteiger charge is -2.07. The smallest absolute Gasteiger partial charge is 0.146 e. The van der Waals surface area contributed by atoms with Crippen LogP contribution in [0.25, 0.3) is 10.2 Å². The third kappa shape index (κ3) is 2.58. The van der Waals surface area contributed by atoms with Crippen LogP contribution in [0.4, 0.5) is 10.1 Å². The van der Waals surface area contributed by atoms with Crippen LogP contribution < -0.4 is 10.1 Å². The standard InChI is InChI=1S/C15H13FN2OS/c1-19-10-6-7-11(16)13(8-10)17-9-15-18-12-4-2-3-5-14(12)20-15/h2-8,17H,9H2,1H3. The Hall–Kier alpha value is -2.14. The van der Waals surface area contributed by atoms with Crippen molar-refractivity contribution in [2.45, 2.75) is 6.54 Å². The van der Waals surface area contributed by atoms with Gasteiger partial charge < -0.3 is 10.1 Å². The van der Waals surface area contributed by atoms with E-state index in [-0.39, 0.29) is 5.82 Å². The molecule has 0 fully saturated rings. The zero-order valence-corrected chi connectivity index (χ0v) is 11.7. The molecule has 0 bridgehead atoms. The van der Waals surface area contributed by atoms with Gasteiger partial charge in [0.15, 0.2) is 0 Å². The zero-order chi connectivity index (χ0) is 13.9.